The molecule has 1 heterocycles. The summed E-state index contributed by atoms with van der Waals surface area (Å²) in [6.45, 7) is 2.74. The smallest absolute Gasteiger partial charge is 0.295 e. The second-order valence-electron chi connectivity index (χ2n) is 7.33. The zero-order chi connectivity index (χ0) is 24.0. The summed E-state index contributed by atoms with van der Waals surface area (Å²) >= 11 is 0. The molecule has 33 heavy (non-hydrogen) atoms. The van der Waals surface area contributed by atoms with Crippen LogP contribution in [0.25, 0.3) is 10.9 Å². The molecule has 1 N–H and O–H groups in total. The number of aromatic nitrogens is 1. The molecule has 0 saturated carbocycles. The monoisotopic (exact) mass is 455 g/mol. The van der Waals surface area contributed by atoms with E-state index in [1.54, 1.807) is 17.7 Å². The molecule has 1 amide bonds. The highest BCUT2D eigenvalue weighted by atomic mass is 16.5. The van der Waals surface area contributed by atoms with Crippen molar-refractivity contribution in [3.05, 3.63) is 35.9 Å². The van der Waals surface area contributed by atoms with Crippen molar-refractivity contribution in [1.82, 2.24) is 4.57 Å². The highest BCUT2D eigenvalue weighted by molar-refractivity contribution is 5.98. The number of aryl methyl sites for hydroxylation is 1. The van der Waals surface area contributed by atoms with E-state index in [2.05, 4.69) is 17.2 Å². The molecule has 176 valence electrons. The summed E-state index contributed by atoms with van der Waals surface area (Å²) < 4.78 is 23.0. The van der Waals surface area contributed by atoms with E-state index in [0.29, 0.717) is 34.9 Å². The van der Waals surface area contributed by atoms with Gasteiger partial charge in [-0.1, -0.05) is 19.8 Å². The molecule has 0 unspecified atom stereocenters. The SMILES string of the molecule is CCCCCn1c(O)c(N=NC(=O)c2cc(OC)c(OC)c(OC)c2)c2cc(OC)ccc21. The van der Waals surface area contributed by atoms with Crippen LogP contribution in [0.4, 0.5) is 5.69 Å². The third-order valence-corrected chi connectivity index (χ3v) is 5.35. The van der Waals surface area contributed by atoms with E-state index in [-0.39, 0.29) is 17.1 Å². The first-order chi connectivity index (χ1) is 16.0. The average molecular weight is 456 g/mol. The lowest BCUT2D eigenvalue weighted by Crippen LogP contribution is -2.00. The Morgan fingerprint density at radius 3 is 2.24 bits per heavy atom. The molecule has 0 aliphatic rings. The molecule has 1 aromatic heterocycles. The van der Waals surface area contributed by atoms with Gasteiger partial charge in [-0.3, -0.25) is 4.79 Å². The Morgan fingerprint density at radius 2 is 1.67 bits per heavy atom. The maximum absolute atomic E-state index is 12.8. The maximum atomic E-state index is 12.8. The minimum atomic E-state index is -0.622. The van der Waals surface area contributed by atoms with Crippen LogP contribution in [0.3, 0.4) is 0 Å². The minimum absolute atomic E-state index is 0.0456. The first-order valence-corrected chi connectivity index (χ1v) is 10.6. The van der Waals surface area contributed by atoms with Gasteiger partial charge in [0, 0.05) is 11.9 Å². The molecule has 0 aliphatic heterocycles. The molecule has 0 aliphatic carbocycles. The number of ether oxygens (including phenoxy) is 4. The van der Waals surface area contributed by atoms with Crippen LogP contribution in [0.5, 0.6) is 28.9 Å². The van der Waals surface area contributed by atoms with Crippen LogP contribution < -0.4 is 18.9 Å². The molecule has 9 heteroatoms. The zero-order valence-electron chi connectivity index (χ0n) is 19.5. The standard InChI is InChI=1S/C24H29N3O6/c1-6-7-8-11-27-18-10-9-16(30-2)14-17(18)21(24(27)29)25-26-23(28)15-12-19(31-3)22(33-5)20(13-15)32-4/h9-10,12-14,29H,6-8,11H2,1-5H3. The molecule has 0 atom stereocenters. The Hall–Kier alpha value is -3.75. The number of hydrogen-bond donors (Lipinski definition) is 1. The molecule has 0 spiro atoms. The van der Waals surface area contributed by atoms with Gasteiger partial charge in [0.2, 0.25) is 11.6 Å². The van der Waals surface area contributed by atoms with Gasteiger partial charge in [-0.05, 0) is 36.8 Å². The predicted molar refractivity (Wildman–Crippen MR) is 125 cm³/mol. The van der Waals surface area contributed by atoms with Gasteiger partial charge in [-0.2, -0.15) is 0 Å². The molecule has 0 radical (unpaired) electrons. The van der Waals surface area contributed by atoms with Crippen molar-refractivity contribution in [2.45, 2.75) is 32.7 Å². The molecule has 3 rings (SSSR count). The topological polar surface area (TPSA) is 104 Å². The molecule has 0 fully saturated rings. The summed E-state index contributed by atoms with van der Waals surface area (Å²) in [6, 6.07) is 8.45. The number of aromatic hydroxyl groups is 1. The van der Waals surface area contributed by atoms with Gasteiger partial charge in [0.15, 0.2) is 17.2 Å². The molecule has 2 aromatic carbocycles. The average Bonchev–Trinajstić information content (AvgIpc) is 3.11. The lowest BCUT2D eigenvalue weighted by Gasteiger charge is -2.12. The second kappa shape index (κ2) is 10.7. The number of hydrogen-bond acceptors (Lipinski definition) is 7. The largest absolute Gasteiger partial charge is 0.497 e. The van der Waals surface area contributed by atoms with Gasteiger partial charge in [0.05, 0.1) is 39.5 Å². The maximum Gasteiger partial charge on any atom is 0.295 e. The predicted octanol–water partition coefficient (Wildman–Crippen LogP) is 5.50. The first kappa shape index (κ1) is 23.9. The van der Waals surface area contributed by atoms with Gasteiger partial charge in [0.25, 0.3) is 5.91 Å². The van der Waals surface area contributed by atoms with Crippen molar-refractivity contribution in [1.29, 1.82) is 0 Å². The fourth-order valence-electron chi connectivity index (χ4n) is 3.63. The number of unbranched alkanes of at least 4 members (excludes halogenated alkanes) is 2. The summed E-state index contributed by atoms with van der Waals surface area (Å²) in [5.41, 5.74) is 1.21. The van der Waals surface area contributed by atoms with Crippen LogP contribution >= 0.6 is 0 Å². The Bertz CT molecular complexity index is 1140. The van der Waals surface area contributed by atoms with Gasteiger partial charge in [0.1, 0.15) is 5.75 Å². The van der Waals surface area contributed by atoms with Crippen molar-refractivity contribution in [2.75, 3.05) is 28.4 Å². The lowest BCUT2D eigenvalue weighted by atomic mass is 10.1. The fraction of sp³-hybridized carbons (Fsp3) is 0.375. The number of carbonyl (C=O) groups is 1. The number of amides is 1. The summed E-state index contributed by atoms with van der Waals surface area (Å²) in [6.07, 6.45) is 3.00. The quantitative estimate of drug-likeness (QED) is 0.320. The Morgan fingerprint density at radius 1 is 0.970 bits per heavy atom. The van der Waals surface area contributed by atoms with Gasteiger partial charge in [-0.25, -0.2) is 0 Å². The highest BCUT2D eigenvalue weighted by Crippen LogP contribution is 2.41. The van der Waals surface area contributed by atoms with E-state index in [9.17, 15) is 9.90 Å². The van der Waals surface area contributed by atoms with Crippen molar-refractivity contribution >= 4 is 22.5 Å². The molecule has 0 bridgehead atoms. The molecule has 0 saturated heterocycles. The van der Waals surface area contributed by atoms with Crippen molar-refractivity contribution < 1.29 is 28.8 Å². The van der Waals surface area contributed by atoms with Crippen LogP contribution in [0.2, 0.25) is 0 Å². The summed E-state index contributed by atoms with van der Waals surface area (Å²) in [5, 5.41) is 19.5. The van der Waals surface area contributed by atoms with Crippen LogP contribution in [-0.4, -0.2) is 44.0 Å². The highest BCUT2D eigenvalue weighted by Gasteiger charge is 2.20. The van der Waals surface area contributed by atoms with Crippen LogP contribution in [-0.2, 0) is 6.54 Å². The molecular formula is C24H29N3O6. The van der Waals surface area contributed by atoms with E-state index in [0.717, 1.165) is 24.8 Å². The number of fused-ring (bicyclic) bond motifs is 1. The number of carbonyl (C=O) groups excluding carboxylic acids is 1. The van der Waals surface area contributed by atoms with Crippen LogP contribution in [0.1, 0.15) is 36.5 Å². The number of methoxy groups -OCH3 is 4. The zero-order valence-corrected chi connectivity index (χ0v) is 19.5. The third kappa shape index (κ3) is 4.87. The number of rotatable bonds is 10. The first-order valence-electron chi connectivity index (χ1n) is 10.6. The summed E-state index contributed by atoms with van der Waals surface area (Å²) in [7, 11) is 5.97. The van der Waals surface area contributed by atoms with E-state index in [1.165, 1.54) is 33.5 Å². The Balaban J connectivity index is 2.02. The Labute approximate surface area is 192 Å². The minimum Gasteiger partial charge on any atom is -0.497 e. The van der Waals surface area contributed by atoms with E-state index in [4.69, 9.17) is 18.9 Å². The van der Waals surface area contributed by atoms with Gasteiger partial charge < -0.3 is 28.6 Å². The van der Waals surface area contributed by atoms with Crippen LogP contribution in [0.15, 0.2) is 40.6 Å². The van der Waals surface area contributed by atoms with Crippen molar-refractivity contribution in [3.8, 4) is 28.9 Å². The van der Waals surface area contributed by atoms with Crippen molar-refractivity contribution in [3.63, 3.8) is 0 Å². The fourth-order valence-corrected chi connectivity index (χ4v) is 3.63. The second-order valence-corrected chi connectivity index (χ2v) is 7.33. The van der Waals surface area contributed by atoms with Crippen molar-refractivity contribution in [2.24, 2.45) is 10.2 Å². The van der Waals surface area contributed by atoms with E-state index in [1.807, 2.05) is 12.1 Å². The number of benzene rings is 2. The normalized spacial score (nSPS) is 11.2. The van der Waals surface area contributed by atoms with E-state index >= 15 is 0 Å². The molecule has 9 nitrogen and oxygen atoms in total. The third-order valence-electron chi connectivity index (χ3n) is 5.35. The number of azo groups is 1. The molecule has 3 aromatic rings. The summed E-state index contributed by atoms with van der Waals surface area (Å²) in [5.74, 6) is 0.972. The summed E-state index contributed by atoms with van der Waals surface area (Å²) in [4.78, 5) is 12.8. The molecular weight excluding hydrogens is 426 g/mol. The van der Waals surface area contributed by atoms with Gasteiger partial charge >= 0.3 is 0 Å². The van der Waals surface area contributed by atoms with E-state index < -0.39 is 5.91 Å². The van der Waals surface area contributed by atoms with Gasteiger partial charge in [-0.15, -0.1) is 10.2 Å². The number of nitrogens with zero attached hydrogens (tertiary/aromatic N) is 3. The lowest BCUT2D eigenvalue weighted by molar-refractivity contribution is 0.0994. The van der Waals surface area contributed by atoms with Crippen LogP contribution in [0, 0.1) is 0 Å². The Kier molecular flexibility index (Phi) is 7.76.